The van der Waals surface area contributed by atoms with E-state index < -0.39 is 33.8 Å². The maximum atomic E-state index is 12.8. The van der Waals surface area contributed by atoms with E-state index in [2.05, 4.69) is 31.1 Å². The summed E-state index contributed by atoms with van der Waals surface area (Å²) >= 11 is 0. The van der Waals surface area contributed by atoms with E-state index in [1.165, 1.54) is 34.6 Å². The molecular formula is C22H24F3N7O4S. The number of carbonyl (C=O) groups is 2. The Hall–Kier alpha value is -3.72. The standard InChI is InChI=1S/C22H24F3N7O4S/c1-2-37(35,36)32-11-9-15(10-12-32)27-21(34)26-14-5-3-13(4-6-14)20(33)29-19-16-7-8-17(22(23,24)25)28-18(16)30-31-19/h3-8,15H,2,9-12H2,1H3,(H2,26,27,34)(H2,28,29,30,31,33). The van der Waals surface area contributed by atoms with E-state index in [-0.39, 0.29) is 34.2 Å². The van der Waals surface area contributed by atoms with E-state index >= 15 is 0 Å². The van der Waals surface area contributed by atoms with Gasteiger partial charge in [0.25, 0.3) is 5.91 Å². The molecule has 0 saturated carbocycles. The summed E-state index contributed by atoms with van der Waals surface area (Å²) in [6.07, 6.45) is -3.60. The summed E-state index contributed by atoms with van der Waals surface area (Å²) in [5.74, 6) is -0.489. The molecule has 3 amide bonds. The highest BCUT2D eigenvalue weighted by Gasteiger charge is 2.33. The van der Waals surface area contributed by atoms with Crippen molar-refractivity contribution in [2.24, 2.45) is 0 Å². The number of pyridine rings is 1. The van der Waals surface area contributed by atoms with E-state index in [0.29, 0.717) is 31.6 Å². The largest absolute Gasteiger partial charge is 0.433 e. The maximum Gasteiger partial charge on any atom is 0.433 e. The van der Waals surface area contributed by atoms with Gasteiger partial charge in [0.1, 0.15) is 5.69 Å². The van der Waals surface area contributed by atoms with Crippen molar-refractivity contribution in [1.82, 2.24) is 24.8 Å². The number of aromatic nitrogens is 3. The SMILES string of the molecule is CCS(=O)(=O)N1CCC(NC(=O)Nc2ccc(C(=O)Nc3n[nH]c4nc(C(F)(F)F)ccc34)cc2)CC1. The van der Waals surface area contributed by atoms with Crippen LogP contribution in [0.2, 0.25) is 0 Å². The molecule has 3 heterocycles. The normalized spacial score (nSPS) is 15.5. The van der Waals surface area contributed by atoms with Gasteiger partial charge in [-0.25, -0.2) is 22.5 Å². The highest BCUT2D eigenvalue weighted by molar-refractivity contribution is 7.89. The van der Waals surface area contributed by atoms with Gasteiger partial charge < -0.3 is 16.0 Å². The molecule has 11 nitrogen and oxygen atoms in total. The van der Waals surface area contributed by atoms with Crippen molar-refractivity contribution in [3.63, 3.8) is 0 Å². The number of sulfonamides is 1. The van der Waals surface area contributed by atoms with Crippen molar-refractivity contribution in [2.45, 2.75) is 32.0 Å². The van der Waals surface area contributed by atoms with Crippen molar-refractivity contribution in [3.8, 4) is 0 Å². The highest BCUT2D eigenvalue weighted by atomic mass is 32.2. The first-order valence-electron chi connectivity index (χ1n) is 11.4. The molecule has 1 aliphatic rings. The lowest BCUT2D eigenvalue weighted by Crippen LogP contribution is -2.47. The Labute approximate surface area is 209 Å². The molecule has 0 spiro atoms. The zero-order valence-corrected chi connectivity index (χ0v) is 20.4. The quantitative estimate of drug-likeness (QED) is 0.378. The zero-order valence-electron chi connectivity index (χ0n) is 19.6. The van der Waals surface area contributed by atoms with Crippen LogP contribution in [-0.4, -0.2) is 64.7 Å². The van der Waals surface area contributed by atoms with E-state index in [0.717, 1.165) is 6.07 Å². The molecule has 4 rings (SSSR count). The Morgan fingerprint density at radius 2 is 1.76 bits per heavy atom. The third-order valence-corrected chi connectivity index (χ3v) is 7.78. The molecule has 2 aromatic heterocycles. The summed E-state index contributed by atoms with van der Waals surface area (Å²) in [7, 11) is -3.25. The summed E-state index contributed by atoms with van der Waals surface area (Å²) in [6.45, 7) is 2.28. The Kier molecular flexibility index (Phi) is 7.36. The summed E-state index contributed by atoms with van der Waals surface area (Å²) in [5.41, 5.74) is -0.544. The number of H-pyrrole nitrogens is 1. The van der Waals surface area contributed by atoms with Crippen molar-refractivity contribution in [3.05, 3.63) is 47.7 Å². The van der Waals surface area contributed by atoms with Gasteiger partial charge in [0.2, 0.25) is 10.0 Å². The van der Waals surface area contributed by atoms with Crippen LogP contribution in [0.4, 0.5) is 29.5 Å². The lowest BCUT2D eigenvalue weighted by Gasteiger charge is -2.31. The van der Waals surface area contributed by atoms with E-state index in [4.69, 9.17) is 0 Å². The van der Waals surface area contributed by atoms with Crippen LogP contribution in [0.25, 0.3) is 11.0 Å². The first-order chi connectivity index (χ1) is 17.5. The minimum absolute atomic E-state index is 0.0283. The van der Waals surface area contributed by atoms with Crippen LogP contribution < -0.4 is 16.0 Å². The monoisotopic (exact) mass is 539 g/mol. The number of rotatable bonds is 6. The number of piperidine rings is 1. The Morgan fingerprint density at radius 1 is 1.08 bits per heavy atom. The predicted molar refractivity (Wildman–Crippen MR) is 129 cm³/mol. The minimum Gasteiger partial charge on any atom is -0.335 e. The first-order valence-corrected chi connectivity index (χ1v) is 13.0. The Morgan fingerprint density at radius 3 is 2.38 bits per heavy atom. The molecule has 0 radical (unpaired) electrons. The van der Waals surface area contributed by atoms with Crippen molar-refractivity contribution < 1.29 is 31.2 Å². The number of nitrogens with one attached hydrogen (secondary N) is 4. The fourth-order valence-electron chi connectivity index (χ4n) is 3.86. The summed E-state index contributed by atoms with van der Waals surface area (Å²) in [6, 6.07) is 7.32. The molecule has 1 fully saturated rings. The molecule has 3 aromatic rings. The number of anilines is 2. The van der Waals surface area contributed by atoms with Crippen LogP contribution in [0.1, 0.15) is 35.8 Å². The molecule has 0 atom stereocenters. The average Bonchev–Trinajstić information content (AvgIpc) is 3.26. The van der Waals surface area contributed by atoms with Gasteiger partial charge in [0.05, 0.1) is 11.1 Å². The first kappa shape index (κ1) is 26.3. The van der Waals surface area contributed by atoms with Crippen molar-refractivity contribution >= 4 is 44.5 Å². The van der Waals surface area contributed by atoms with Crippen LogP contribution >= 0.6 is 0 Å². The second kappa shape index (κ2) is 10.3. The van der Waals surface area contributed by atoms with Gasteiger partial charge in [-0.1, -0.05) is 0 Å². The third kappa shape index (κ3) is 6.17. The molecule has 0 unspecified atom stereocenters. The van der Waals surface area contributed by atoms with Gasteiger partial charge in [-0.2, -0.15) is 18.3 Å². The Balaban J connectivity index is 1.31. The van der Waals surface area contributed by atoms with Crippen molar-refractivity contribution in [2.75, 3.05) is 29.5 Å². The number of nitrogens with zero attached hydrogens (tertiary/aromatic N) is 3. The molecule has 1 aromatic carbocycles. The molecule has 37 heavy (non-hydrogen) atoms. The fourth-order valence-corrected chi connectivity index (χ4v) is 4.99. The molecule has 1 aliphatic heterocycles. The number of alkyl halides is 3. The molecule has 1 saturated heterocycles. The molecule has 15 heteroatoms. The summed E-state index contributed by atoms with van der Waals surface area (Å²) < 4.78 is 63.8. The molecule has 198 valence electrons. The minimum atomic E-state index is -4.61. The Bertz CT molecular complexity index is 1400. The third-order valence-electron chi connectivity index (χ3n) is 5.90. The van der Waals surface area contributed by atoms with Gasteiger partial charge in [0.15, 0.2) is 11.5 Å². The van der Waals surface area contributed by atoms with Gasteiger partial charge in [-0.15, -0.1) is 0 Å². The van der Waals surface area contributed by atoms with Gasteiger partial charge >= 0.3 is 12.2 Å². The zero-order chi connectivity index (χ0) is 26.8. The van der Waals surface area contributed by atoms with Crippen LogP contribution in [0.5, 0.6) is 0 Å². The van der Waals surface area contributed by atoms with E-state index in [1.807, 2.05) is 0 Å². The number of carbonyl (C=O) groups excluding carboxylic acids is 2. The fraction of sp³-hybridized carbons (Fsp3) is 0.364. The lowest BCUT2D eigenvalue weighted by atomic mass is 10.1. The molecule has 4 N–H and O–H groups in total. The number of aromatic amines is 1. The average molecular weight is 540 g/mol. The number of amides is 3. The molecular weight excluding hydrogens is 515 g/mol. The second-order valence-corrected chi connectivity index (χ2v) is 10.6. The smallest absolute Gasteiger partial charge is 0.335 e. The number of benzene rings is 1. The predicted octanol–water partition coefficient (Wildman–Crippen LogP) is 3.16. The molecule has 0 bridgehead atoms. The summed E-state index contributed by atoms with van der Waals surface area (Å²) in [4.78, 5) is 28.4. The number of hydrogen-bond donors (Lipinski definition) is 4. The van der Waals surface area contributed by atoms with Gasteiger partial charge in [0, 0.05) is 30.4 Å². The van der Waals surface area contributed by atoms with Crippen LogP contribution in [-0.2, 0) is 16.2 Å². The number of fused-ring (bicyclic) bond motifs is 1. The number of hydrogen-bond acceptors (Lipinski definition) is 6. The van der Waals surface area contributed by atoms with E-state index in [9.17, 15) is 31.2 Å². The number of urea groups is 1. The van der Waals surface area contributed by atoms with Gasteiger partial charge in [-0.05, 0) is 56.2 Å². The number of halogens is 3. The van der Waals surface area contributed by atoms with Crippen molar-refractivity contribution in [1.29, 1.82) is 0 Å². The molecule has 0 aliphatic carbocycles. The lowest BCUT2D eigenvalue weighted by molar-refractivity contribution is -0.141. The van der Waals surface area contributed by atoms with Crippen LogP contribution in [0, 0.1) is 0 Å². The topological polar surface area (TPSA) is 149 Å². The van der Waals surface area contributed by atoms with Crippen LogP contribution in [0.3, 0.4) is 0 Å². The van der Waals surface area contributed by atoms with Gasteiger partial charge in [-0.3, -0.25) is 9.89 Å². The highest BCUT2D eigenvalue weighted by Crippen LogP contribution is 2.30. The summed E-state index contributed by atoms with van der Waals surface area (Å²) in [5, 5.41) is 14.4. The van der Waals surface area contributed by atoms with Crippen LogP contribution in [0.15, 0.2) is 36.4 Å². The van der Waals surface area contributed by atoms with E-state index in [1.54, 1.807) is 6.92 Å². The second-order valence-electron chi connectivity index (χ2n) is 8.37. The maximum absolute atomic E-state index is 12.8.